The molecule has 2 amide bonds. The third-order valence-corrected chi connectivity index (χ3v) is 4.23. The summed E-state index contributed by atoms with van der Waals surface area (Å²) in [6.45, 7) is 3.13. The molecule has 2 aromatic carbocycles. The zero-order chi connectivity index (χ0) is 19.2. The molecular weight excluding hydrogens is 346 g/mol. The maximum absolute atomic E-state index is 12.2. The molecule has 0 aliphatic carbocycles. The van der Waals surface area contributed by atoms with Gasteiger partial charge >= 0.3 is 0 Å². The SMILES string of the molecule is CCCN(C)c1ccc(C(=O)NNC(=O)C2COc3ccccc3O2)cc1. The number of rotatable bonds is 5. The molecule has 0 radical (unpaired) electrons. The van der Waals surface area contributed by atoms with Crippen molar-refractivity contribution in [2.45, 2.75) is 19.4 Å². The van der Waals surface area contributed by atoms with Crippen molar-refractivity contribution in [1.29, 1.82) is 0 Å². The Kier molecular flexibility index (Phi) is 5.80. The van der Waals surface area contributed by atoms with E-state index >= 15 is 0 Å². The second-order valence-corrected chi connectivity index (χ2v) is 6.28. The van der Waals surface area contributed by atoms with E-state index < -0.39 is 17.9 Å². The van der Waals surface area contributed by atoms with Crippen molar-refractivity contribution in [2.24, 2.45) is 0 Å². The molecule has 7 heteroatoms. The van der Waals surface area contributed by atoms with E-state index in [9.17, 15) is 9.59 Å². The molecule has 0 fully saturated rings. The average molecular weight is 369 g/mol. The van der Waals surface area contributed by atoms with Crippen LogP contribution < -0.4 is 25.2 Å². The lowest BCUT2D eigenvalue weighted by Gasteiger charge is -2.25. The number of nitrogens with one attached hydrogen (secondary N) is 2. The molecule has 27 heavy (non-hydrogen) atoms. The number of nitrogens with zero attached hydrogens (tertiary/aromatic N) is 1. The summed E-state index contributed by atoms with van der Waals surface area (Å²) in [6.07, 6.45) is 0.215. The number of hydrogen-bond donors (Lipinski definition) is 2. The number of anilines is 1. The van der Waals surface area contributed by atoms with Gasteiger partial charge in [-0.25, -0.2) is 0 Å². The molecule has 0 saturated heterocycles. The highest BCUT2D eigenvalue weighted by Gasteiger charge is 2.27. The standard InChI is InChI=1S/C20H23N3O4/c1-3-12-23(2)15-10-8-14(9-11-15)19(24)21-22-20(25)18-13-26-16-6-4-5-7-17(16)27-18/h4-11,18H,3,12-13H2,1-2H3,(H,21,24)(H,22,25). The highest BCUT2D eigenvalue weighted by Crippen LogP contribution is 2.30. The Labute approximate surface area is 158 Å². The Morgan fingerprint density at radius 1 is 1.07 bits per heavy atom. The first-order valence-corrected chi connectivity index (χ1v) is 8.88. The third-order valence-electron chi connectivity index (χ3n) is 4.23. The summed E-state index contributed by atoms with van der Waals surface area (Å²) in [5.41, 5.74) is 6.28. The molecule has 1 unspecified atom stereocenters. The summed E-state index contributed by atoms with van der Waals surface area (Å²) < 4.78 is 11.1. The zero-order valence-electron chi connectivity index (χ0n) is 15.4. The van der Waals surface area contributed by atoms with Crippen LogP contribution in [0.5, 0.6) is 11.5 Å². The molecule has 142 valence electrons. The summed E-state index contributed by atoms with van der Waals surface area (Å²) in [6, 6.07) is 14.3. The highest BCUT2D eigenvalue weighted by molar-refractivity contribution is 5.96. The number of fused-ring (bicyclic) bond motifs is 1. The fourth-order valence-electron chi connectivity index (χ4n) is 2.75. The van der Waals surface area contributed by atoms with Crippen molar-refractivity contribution in [2.75, 3.05) is 25.1 Å². The average Bonchev–Trinajstić information content (AvgIpc) is 2.71. The number of benzene rings is 2. The number of amides is 2. The van der Waals surface area contributed by atoms with Crippen LogP contribution in [-0.4, -0.2) is 38.1 Å². The van der Waals surface area contributed by atoms with Crippen molar-refractivity contribution >= 4 is 17.5 Å². The highest BCUT2D eigenvalue weighted by atomic mass is 16.6. The van der Waals surface area contributed by atoms with Crippen molar-refractivity contribution in [3.05, 3.63) is 54.1 Å². The van der Waals surface area contributed by atoms with Gasteiger partial charge in [-0.15, -0.1) is 0 Å². The van der Waals surface area contributed by atoms with Crippen LogP contribution in [-0.2, 0) is 4.79 Å². The van der Waals surface area contributed by atoms with Crippen LogP contribution in [0.1, 0.15) is 23.7 Å². The first-order valence-electron chi connectivity index (χ1n) is 8.88. The van der Waals surface area contributed by atoms with E-state index in [1.165, 1.54) is 0 Å². The minimum absolute atomic E-state index is 0.0805. The molecule has 2 aromatic rings. The van der Waals surface area contributed by atoms with Crippen molar-refractivity contribution in [3.63, 3.8) is 0 Å². The molecule has 7 nitrogen and oxygen atoms in total. The van der Waals surface area contributed by atoms with Gasteiger partial charge in [0.05, 0.1) is 0 Å². The summed E-state index contributed by atoms with van der Waals surface area (Å²) in [5, 5.41) is 0. The molecule has 0 aromatic heterocycles. The summed E-state index contributed by atoms with van der Waals surface area (Å²) in [4.78, 5) is 26.6. The largest absolute Gasteiger partial charge is 0.485 e. The van der Waals surface area contributed by atoms with Gasteiger partial charge in [-0.3, -0.25) is 20.4 Å². The minimum Gasteiger partial charge on any atom is -0.485 e. The van der Waals surface area contributed by atoms with Crippen LogP contribution in [0.3, 0.4) is 0 Å². The van der Waals surface area contributed by atoms with Crippen molar-refractivity contribution in [1.82, 2.24) is 10.9 Å². The normalized spacial score (nSPS) is 15.0. The van der Waals surface area contributed by atoms with Crippen LogP contribution >= 0.6 is 0 Å². The number of hydrogen-bond acceptors (Lipinski definition) is 5. The van der Waals surface area contributed by atoms with Crippen LogP contribution in [0, 0.1) is 0 Å². The molecular formula is C20H23N3O4. The van der Waals surface area contributed by atoms with Crippen LogP contribution in [0.15, 0.2) is 48.5 Å². The van der Waals surface area contributed by atoms with Crippen LogP contribution in [0.25, 0.3) is 0 Å². The quantitative estimate of drug-likeness (QED) is 0.790. The maximum atomic E-state index is 12.2. The second-order valence-electron chi connectivity index (χ2n) is 6.28. The minimum atomic E-state index is -0.828. The van der Waals surface area contributed by atoms with Gasteiger partial charge in [0, 0.05) is 24.8 Å². The van der Waals surface area contributed by atoms with Crippen LogP contribution in [0.4, 0.5) is 5.69 Å². The van der Waals surface area contributed by atoms with Gasteiger partial charge in [0.1, 0.15) is 6.61 Å². The molecule has 0 bridgehead atoms. The van der Waals surface area contributed by atoms with Gasteiger partial charge in [0.2, 0.25) is 6.10 Å². The fraction of sp³-hybridized carbons (Fsp3) is 0.300. The van der Waals surface area contributed by atoms with Gasteiger partial charge in [0.15, 0.2) is 11.5 Å². The molecule has 0 spiro atoms. The molecule has 3 rings (SSSR count). The first kappa shape index (κ1) is 18.6. The molecule has 1 atom stereocenters. The Balaban J connectivity index is 1.52. The van der Waals surface area contributed by atoms with Gasteiger partial charge in [-0.1, -0.05) is 19.1 Å². The lowest BCUT2D eigenvalue weighted by atomic mass is 10.2. The lowest BCUT2D eigenvalue weighted by Crippen LogP contribution is -2.50. The number of ether oxygens (including phenoxy) is 2. The second kappa shape index (κ2) is 8.44. The van der Waals surface area contributed by atoms with Crippen LogP contribution in [0.2, 0.25) is 0 Å². The number of carbonyl (C=O) groups is 2. The van der Waals surface area contributed by atoms with E-state index in [0.29, 0.717) is 17.1 Å². The molecule has 1 aliphatic heterocycles. The number of hydrazine groups is 1. The Morgan fingerprint density at radius 2 is 1.78 bits per heavy atom. The first-order chi connectivity index (χ1) is 13.1. The fourth-order valence-corrected chi connectivity index (χ4v) is 2.75. The van der Waals surface area contributed by atoms with Crippen molar-refractivity contribution in [3.8, 4) is 11.5 Å². The Morgan fingerprint density at radius 3 is 2.48 bits per heavy atom. The van der Waals surface area contributed by atoms with E-state index in [4.69, 9.17) is 9.47 Å². The number of para-hydroxylation sites is 2. The third kappa shape index (κ3) is 4.49. The van der Waals surface area contributed by atoms with E-state index in [1.54, 1.807) is 30.3 Å². The van der Waals surface area contributed by atoms with Gasteiger partial charge in [-0.2, -0.15) is 0 Å². The predicted octanol–water partition coefficient (Wildman–Crippen LogP) is 2.13. The lowest BCUT2D eigenvalue weighted by molar-refractivity contribution is -0.131. The zero-order valence-corrected chi connectivity index (χ0v) is 15.4. The number of carbonyl (C=O) groups excluding carboxylic acids is 2. The van der Waals surface area contributed by atoms with E-state index in [1.807, 2.05) is 25.2 Å². The predicted molar refractivity (Wildman–Crippen MR) is 102 cm³/mol. The van der Waals surface area contributed by atoms with E-state index in [0.717, 1.165) is 18.7 Å². The van der Waals surface area contributed by atoms with Gasteiger partial charge < -0.3 is 14.4 Å². The molecule has 1 aliphatic rings. The topological polar surface area (TPSA) is 79.9 Å². The maximum Gasteiger partial charge on any atom is 0.283 e. The molecule has 0 saturated carbocycles. The van der Waals surface area contributed by atoms with Gasteiger partial charge in [-0.05, 0) is 42.8 Å². The van der Waals surface area contributed by atoms with Gasteiger partial charge in [0.25, 0.3) is 11.8 Å². The summed E-state index contributed by atoms with van der Waals surface area (Å²) in [7, 11) is 2.00. The molecule has 1 heterocycles. The summed E-state index contributed by atoms with van der Waals surface area (Å²) >= 11 is 0. The smallest absolute Gasteiger partial charge is 0.283 e. The molecule has 2 N–H and O–H groups in total. The van der Waals surface area contributed by atoms with Crippen molar-refractivity contribution < 1.29 is 19.1 Å². The Hall–Kier alpha value is -3.22. The van der Waals surface area contributed by atoms with E-state index in [-0.39, 0.29) is 6.61 Å². The summed E-state index contributed by atoms with van der Waals surface area (Å²) in [5.74, 6) is 0.225. The monoisotopic (exact) mass is 369 g/mol. The Bertz CT molecular complexity index is 807. The van der Waals surface area contributed by atoms with E-state index in [2.05, 4.69) is 22.7 Å².